The van der Waals surface area contributed by atoms with Crippen LogP contribution >= 0.6 is 0 Å². The van der Waals surface area contributed by atoms with Gasteiger partial charge in [0.25, 0.3) is 0 Å². The third-order valence-corrected chi connectivity index (χ3v) is 33.4. The molecule has 282 valence electrons. The van der Waals surface area contributed by atoms with Crippen molar-refractivity contribution in [3.05, 3.63) is 59.2 Å². The zero-order chi connectivity index (χ0) is 37.9. The largest absolute Gasteiger partial charge is 0.410 e. The number of hydrogen-bond donors (Lipinski definition) is 2. The summed E-state index contributed by atoms with van der Waals surface area (Å²) in [4.78, 5) is 8.61. The van der Waals surface area contributed by atoms with E-state index in [1.807, 2.05) is 0 Å². The summed E-state index contributed by atoms with van der Waals surface area (Å²) in [6, 6.07) is 33.9. The topological polar surface area (TPSA) is 48.8 Å². The van der Waals surface area contributed by atoms with Gasteiger partial charge < -0.3 is 19.3 Å². The van der Waals surface area contributed by atoms with Gasteiger partial charge in [-0.2, -0.15) is 0 Å². The highest BCUT2D eigenvalue weighted by molar-refractivity contribution is 6.83. The molecule has 0 saturated carbocycles. The molecule has 0 atom stereocenters. The Labute approximate surface area is 320 Å². The highest BCUT2D eigenvalue weighted by Gasteiger charge is 2.32. The van der Waals surface area contributed by atoms with Crippen LogP contribution < -0.4 is 20.7 Å². The standard InChI is InChI=1S/C44H70N4Si4/c1-13-49(14-2,15-3)45-37-29-25-33-35-27-31-39(47-51(19-7,20-8)21-9)44-40(48-52(22-10,23-11)24-12)32-28-36(42(35)44)34-26-30-38(43(37)41(33)34)46-50(16-4,17-5)18-6/h25-32,45,48H,13-24H2,1-12H3/b46-38+,47-39+. The molecular weight excluding hydrogens is 697 g/mol. The van der Waals surface area contributed by atoms with Crippen molar-refractivity contribution in [2.75, 3.05) is 9.96 Å². The summed E-state index contributed by atoms with van der Waals surface area (Å²) in [6.45, 7) is 28.7. The minimum absolute atomic E-state index is 1.18. The predicted octanol–water partition coefficient (Wildman–Crippen LogP) is 13.8. The third kappa shape index (κ3) is 6.95. The average Bonchev–Trinajstić information content (AvgIpc) is 3.20. The van der Waals surface area contributed by atoms with Crippen molar-refractivity contribution in [1.82, 2.24) is 0 Å². The highest BCUT2D eigenvalue weighted by atomic mass is 28.3. The number of nitrogens with one attached hydrogen (secondary N) is 2. The molecule has 0 aliphatic heterocycles. The molecular formula is C44H70N4Si4. The first-order chi connectivity index (χ1) is 25.0. The Hall–Kier alpha value is -2.53. The lowest BCUT2D eigenvalue weighted by Crippen LogP contribution is -2.42. The summed E-state index contributed by atoms with van der Waals surface area (Å²) in [5.74, 6) is 0. The van der Waals surface area contributed by atoms with Gasteiger partial charge in [-0.05, 0) is 118 Å². The predicted molar refractivity (Wildman–Crippen MR) is 246 cm³/mol. The molecule has 0 amide bonds. The second-order valence-corrected chi connectivity index (χ2v) is 35.3. The maximum absolute atomic E-state index is 5.85. The van der Waals surface area contributed by atoms with Crippen LogP contribution in [0.1, 0.15) is 83.1 Å². The van der Waals surface area contributed by atoms with Crippen LogP contribution in [0.4, 0.5) is 11.4 Å². The fraction of sp³-hybridized carbons (Fsp3) is 0.545. The molecule has 5 rings (SSSR count). The first-order valence-corrected chi connectivity index (χ1v) is 31.6. The molecule has 0 heterocycles. The molecule has 4 nitrogen and oxygen atoms in total. The van der Waals surface area contributed by atoms with E-state index in [0.717, 1.165) is 0 Å². The molecule has 0 radical (unpaired) electrons. The van der Waals surface area contributed by atoms with Gasteiger partial charge in [-0.1, -0.05) is 107 Å². The fourth-order valence-corrected chi connectivity index (χ4v) is 20.3. The quantitative estimate of drug-likeness (QED) is 0.0530. The number of fused-ring (bicyclic) bond motifs is 2. The van der Waals surface area contributed by atoms with Crippen LogP contribution in [0.2, 0.25) is 72.5 Å². The van der Waals surface area contributed by atoms with E-state index in [4.69, 9.17) is 9.32 Å². The van der Waals surface area contributed by atoms with E-state index in [1.165, 1.54) is 138 Å². The molecule has 0 unspecified atom stereocenters. The molecule has 0 aliphatic carbocycles. The van der Waals surface area contributed by atoms with Crippen LogP contribution in [0, 0.1) is 0 Å². The number of rotatable bonds is 18. The maximum atomic E-state index is 5.85. The maximum Gasteiger partial charge on any atom is 0.181 e. The van der Waals surface area contributed by atoms with Gasteiger partial charge in [0.1, 0.15) is 0 Å². The Balaban J connectivity index is 2.03. The normalized spacial score (nSPS) is 14.2. The summed E-state index contributed by atoms with van der Waals surface area (Å²) in [6.07, 6.45) is 0. The van der Waals surface area contributed by atoms with Crippen molar-refractivity contribution in [2.45, 2.75) is 156 Å². The molecule has 0 bridgehead atoms. The molecule has 0 saturated heterocycles. The lowest BCUT2D eigenvalue weighted by atomic mass is 9.88. The fourth-order valence-electron chi connectivity index (χ4n) is 9.33. The van der Waals surface area contributed by atoms with Gasteiger partial charge in [-0.3, -0.25) is 0 Å². The van der Waals surface area contributed by atoms with Gasteiger partial charge in [0.2, 0.25) is 0 Å². The van der Waals surface area contributed by atoms with Gasteiger partial charge >= 0.3 is 0 Å². The molecule has 5 aromatic rings. The Morgan fingerprint density at radius 3 is 0.865 bits per heavy atom. The van der Waals surface area contributed by atoms with Crippen LogP contribution in [-0.2, 0) is 0 Å². The first-order valence-electron chi connectivity index (χ1n) is 21.3. The number of nitrogens with zero attached hydrogens (tertiary/aromatic N) is 2. The van der Waals surface area contributed by atoms with Crippen molar-refractivity contribution < 1.29 is 0 Å². The Morgan fingerprint density at radius 1 is 0.346 bits per heavy atom. The summed E-state index contributed by atoms with van der Waals surface area (Å²) >= 11 is 0. The monoisotopic (exact) mass is 766 g/mol. The van der Waals surface area contributed by atoms with Gasteiger partial charge in [0.05, 0.1) is 10.7 Å². The SMILES string of the molecule is CC[Si](CC)(CC)/N=c1\ccc2c3ccc(N[Si](CC)(CC)CC)c4/c(=N/[Si](CC)(CC)CC)ccc(c5ccc(N[Si](CC)(CC)CC)c1c52)c43. The van der Waals surface area contributed by atoms with Gasteiger partial charge in [-0.15, -0.1) is 0 Å². The van der Waals surface area contributed by atoms with Crippen LogP contribution in [0.5, 0.6) is 0 Å². The van der Waals surface area contributed by atoms with Crippen molar-refractivity contribution in [3.63, 3.8) is 0 Å². The second-order valence-electron chi connectivity index (χ2n) is 15.8. The first kappa shape index (κ1) is 40.6. The summed E-state index contributed by atoms with van der Waals surface area (Å²) in [5.41, 5.74) is 2.61. The number of hydrogen-bond acceptors (Lipinski definition) is 4. The molecule has 0 spiro atoms. The zero-order valence-electron chi connectivity index (χ0n) is 35.0. The lowest BCUT2D eigenvalue weighted by Gasteiger charge is -2.32. The molecule has 0 aromatic heterocycles. The lowest BCUT2D eigenvalue weighted by molar-refractivity contribution is 1.13. The second kappa shape index (κ2) is 16.5. The van der Waals surface area contributed by atoms with E-state index in [1.54, 1.807) is 0 Å². The summed E-state index contributed by atoms with van der Waals surface area (Å²) in [7, 11) is -7.04. The summed E-state index contributed by atoms with van der Waals surface area (Å²) in [5, 5.41) is 13.4. The van der Waals surface area contributed by atoms with Gasteiger partial charge in [-0.25, -0.2) is 0 Å². The Morgan fingerprint density at radius 2 is 0.615 bits per heavy atom. The number of benzene rings is 5. The summed E-state index contributed by atoms with van der Waals surface area (Å²) < 4.78 is 11.7. The zero-order valence-corrected chi connectivity index (χ0v) is 39.0. The molecule has 0 aliphatic rings. The van der Waals surface area contributed by atoms with Crippen molar-refractivity contribution >= 4 is 87.4 Å². The van der Waals surface area contributed by atoms with E-state index < -0.39 is 32.9 Å². The third-order valence-electron chi connectivity index (χ3n) is 14.4. The van der Waals surface area contributed by atoms with E-state index in [-0.39, 0.29) is 0 Å². The average molecular weight is 767 g/mol. The molecule has 52 heavy (non-hydrogen) atoms. The number of anilines is 2. The minimum Gasteiger partial charge on any atom is -0.410 e. The van der Waals surface area contributed by atoms with E-state index in [9.17, 15) is 0 Å². The van der Waals surface area contributed by atoms with Crippen molar-refractivity contribution in [3.8, 4) is 0 Å². The van der Waals surface area contributed by atoms with Crippen molar-refractivity contribution in [1.29, 1.82) is 0 Å². The van der Waals surface area contributed by atoms with E-state index >= 15 is 0 Å². The smallest absolute Gasteiger partial charge is 0.181 e. The molecule has 5 aromatic carbocycles. The van der Waals surface area contributed by atoms with Crippen LogP contribution in [-0.4, -0.2) is 32.9 Å². The molecule has 8 heteroatoms. The van der Waals surface area contributed by atoms with Crippen molar-refractivity contribution in [2.24, 2.45) is 9.32 Å². The Bertz CT molecular complexity index is 1910. The minimum atomic E-state index is -1.82. The Kier molecular flexibility index (Phi) is 12.9. The molecule has 0 fully saturated rings. The van der Waals surface area contributed by atoms with Gasteiger partial charge in [0.15, 0.2) is 32.9 Å². The van der Waals surface area contributed by atoms with Gasteiger partial charge in [0, 0.05) is 32.9 Å². The molecule has 2 N–H and O–H groups in total. The van der Waals surface area contributed by atoms with Crippen LogP contribution in [0.3, 0.4) is 0 Å². The van der Waals surface area contributed by atoms with E-state index in [2.05, 4.69) is 142 Å². The van der Waals surface area contributed by atoms with E-state index in [0.29, 0.717) is 0 Å². The van der Waals surface area contributed by atoms with Crippen LogP contribution in [0.15, 0.2) is 57.8 Å². The van der Waals surface area contributed by atoms with Crippen LogP contribution in [0.25, 0.3) is 43.1 Å². The highest BCUT2D eigenvalue weighted by Crippen LogP contribution is 2.43.